The van der Waals surface area contributed by atoms with Gasteiger partial charge in [-0.05, 0) is 62.1 Å². The lowest BCUT2D eigenvalue weighted by atomic mass is 9.94. The molecular formula is C22H40IN3O3. The van der Waals surface area contributed by atoms with E-state index >= 15 is 0 Å². The third kappa shape index (κ3) is 11.5. The Kier molecular flexibility index (Phi) is 15.9. The Balaban J connectivity index is 0.00000784. The summed E-state index contributed by atoms with van der Waals surface area (Å²) in [5.41, 5.74) is 1.22. The van der Waals surface area contributed by atoms with E-state index in [9.17, 15) is 5.11 Å². The molecule has 0 amide bonds. The number of hydrogen-bond donors (Lipinski definition) is 3. The Morgan fingerprint density at radius 3 is 2.45 bits per heavy atom. The average Bonchev–Trinajstić information content (AvgIpc) is 2.68. The van der Waals surface area contributed by atoms with Crippen LogP contribution in [0.25, 0.3) is 0 Å². The molecule has 1 aromatic rings. The van der Waals surface area contributed by atoms with Crippen molar-refractivity contribution in [2.24, 2.45) is 16.8 Å². The number of aliphatic hydroxyl groups is 1. The van der Waals surface area contributed by atoms with Crippen LogP contribution in [0.1, 0.15) is 45.6 Å². The molecule has 0 aliphatic rings. The van der Waals surface area contributed by atoms with Gasteiger partial charge in [0.15, 0.2) is 17.5 Å². The van der Waals surface area contributed by atoms with Gasteiger partial charge in [0, 0.05) is 26.2 Å². The number of ether oxygens (including phenoxy) is 2. The van der Waals surface area contributed by atoms with Crippen molar-refractivity contribution in [1.29, 1.82) is 0 Å². The summed E-state index contributed by atoms with van der Waals surface area (Å²) in [6.45, 7) is 9.13. The van der Waals surface area contributed by atoms with Crippen molar-refractivity contribution in [3.8, 4) is 11.5 Å². The third-order valence-electron chi connectivity index (χ3n) is 4.58. The Bertz CT molecular complexity index is 582. The summed E-state index contributed by atoms with van der Waals surface area (Å²) in [7, 11) is 3.31. The summed E-state index contributed by atoms with van der Waals surface area (Å²) >= 11 is 0. The molecule has 0 aliphatic heterocycles. The van der Waals surface area contributed by atoms with Gasteiger partial charge in [0.1, 0.15) is 0 Å². The Hall–Kier alpha value is -1.22. The highest BCUT2D eigenvalue weighted by Crippen LogP contribution is 2.27. The van der Waals surface area contributed by atoms with Crippen molar-refractivity contribution < 1.29 is 14.6 Å². The van der Waals surface area contributed by atoms with Crippen molar-refractivity contribution in [1.82, 2.24) is 10.6 Å². The minimum atomic E-state index is 0. The van der Waals surface area contributed by atoms with Crippen molar-refractivity contribution in [3.05, 3.63) is 23.8 Å². The van der Waals surface area contributed by atoms with Crippen LogP contribution in [-0.2, 0) is 6.42 Å². The molecule has 0 saturated heterocycles. The topological polar surface area (TPSA) is 75.1 Å². The molecule has 3 N–H and O–H groups in total. The molecule has 0 spiro atoms. The number of nitrogens with one attached hydrogen (secondary N) is 2. The molecule has 1 aromatic carbocycles. The maximum Gasteiger partial charge on any atom is 0.191 e. The van der Waals surface area contributed by atoms with Crippen LogP contribution in [0.3, 0.4) is 0 Å². The molecule has 1 atom stereocenters. The smallest absolute Gasteiger partial charge is 0.191 e. The molecule has 0 bridgehead atoms. The first-order chi connectivity index (χ1) is 13.5. The zero-order valence-electron chi connectivity index (χ0n) is 18.7. The Morgan fingerprint density at radius 1 is 1.14 bits per heavy atom. The van der Waals surface area contributed by atoms with Gasteiger partial charge in [-0.2, -0.15) is 0 Å². The second-order valence-corrected chi connectivity index (χ2v) is 7.45. The van der Waals surface area contributed by atoms with E-state index in [-0.39, 0.29) is 30.6 Å². The van der Waals surface area contributed by atoms with Crippen LogP contribution in [0.15, 0.2) is 23.2 Å². The lowest BCUT2D eigenvalue weighted by Crippen LogP contribution is -2.38. The molecular weight excluding hydrogens is 481 g/mol. The number of hydrogen-bond acceptors (Lipinski definition) is 4. The van der Waals surface area contributed by atoms with Crippen LogP contribution in [0.5, 0.6) is 11.5 Å². The fraction of sp³-hybridized carbons (Fsp3) is 0.682. The zero-order valence-corrected chi connectivity index (χ0v) is 21.0. The average molecular weight is 521 g/mol. The van der Waals surface area contributed by atoms with Gasteiger partial charge in [0.25, 0.3) is 0 Å². The maximum absolute atomic E-state index is 9.27. The van der Waals surface area contributed by atoms with Crippen LogP contribution < -0.4 is 20.1 Å². The summed E-state index contributed by atoms with van der Waals surface area (Å²) in [6.07, 6.45) is 3.84. The number of halogens is 1. The number of aliphatic hydroxyl groups excluding tert-OH is 1. The van der Waals surface area contributed by atoms with E-state index in [0.717, 1.165) is 62.8 Å². The fourth-order valence-corrected chi connectivity index (χ4v) is 3.23. The zero-order chi connectivity index (χ0) is 20.8. The van der Waals surface area contributed by atoms with Gasteiger partial charge in [0.05, 0.1) is 14.2 Å². The number of guanidine groups is 1. The van der Waals surface area contributed by atoms with E-state index in [4.69, 9.17) is 14.5 Å². The van der Waals surface area contributed by atoms with Crippen LogP contribution in [-0.4, -0.2) is 51.5 Å². The standard InChI is InChI=1S/C22H39N3O3.HI/c1-6-23-22(25-16-19(11-13-26)14-17(2)3)24-12-7-8-18-9-10-20(27-4)21(15-18)28-5;/h9-10,15,17,19,26H,6-8,11-14,16H2,1-5H3,(H2,23,24,25);1H. The molecule has 6 nitrogen and oxygen atoms in total. The highest BCUT2D eigenvalue weighted by molar-refractivity contribution is 14.0. The van der Waals surface area contributed by atoms with Gasteiger partial charge >= 0.3 is 0 Å². The first-order valence-electron chi connectivity index (χ1n) is 10.4. The molecule has 0 saturated carbocycles. The second kappa shape index (κ2) is 16.6. The monoisotopic (exact) mass is 521 g/mol. The fourth-order valence-electron chi connectivity index (χ4n) is 3.23. The first kappa shape index (κ1) is 27.8. The molecule has 0 aromatic heterocycles. The van der Waals surface area contributed by atoms with E-state index in [1.54, 1.807) is 14.2 Å². The molecule has 29 heavy (non-hydrogen) atoms. The second-order valence-electron chi connectivity index (χ2n) is 7.45. The predicted octanol–water partition coefficient (Wildman–Crippen LogP) is 3.85. The van der Waals surface area contributed by atoms with Gasteiger partial charge in [-0.15, -0.1) is 24.0 Å². The normalized spacial score (nSPS) is 12.3. The molecule has 0 fully saturated rings. The lowest BCUT2D eigenvalue weighted by Gasteiger charge is -2.17. The SMILES string of the molecule is CCNC(=NCC(CCO)CC(C)C)NCCCc1ccc(OC)c(OC)c1.I. The van der Waals surface area contributed by atoms with Crippen molar-refractivity contribution in [2.45, 2.75) is 46.5 Å². The van der Waals surface area contributed by atoms with E-state index in [1.165, 1.54) is 5.56 Å². The van der Waals surface area contributed by atoms with E-state index in [1.807, 2.05) is 12.1 Å². The summed E-state index contributed by atoms with van der Waals surface area (Å²) in [5.74, 6) is 3.41. The van der Waals surface area contributed by atoms with Gasteiger partial charge in [-0.3, -0.25) is 4.99 Å². The van der Waals surface area contributed by atoms with Crippen molar-refractivity contribution in [2.75, 3.05) is 40.5 Å². The Labute approximate surface area is 193 Å². The van der Waals surface area contributed by atoms with Gasteiger partial charge < -0.3 is 25.2 Å². The quantitative estimate of drug-likeness (QED) is 0.159. The summed E-state index contributed by atoms with van der Waals surface area (Å²) in [5, 5.41) is 16.0. The van der Waals surface area contributed by atoms with E-state index in [0.29, 0.717) is 11.8 Å². The number of aliphatic imine (C=N–C) groups is 1. The third-order valence-corrected chi connectivity index (χ3v) is 4.58. The largest absolute Gasteiger partial charge is 0.493 e. The number of rotatable bonds is 13. The molecule has 168 valence electrons. The maximum atomic E-state index is 9.27. The highest BCUT2D eigenvalue weighted by atomic mass is 127. The van der Waals surface area contributed by atoms with Crippen molar-refractivity contribution >= 4 is 29.9 Å². The molecule has 0 radical (unpaired) electrons. The minimum absolute atomic E-state index is 0. The van der Waals surface area contributed by atoms with Crippen LogP contribution in [0.2, 0.25) is 0 Å². The summed E-state index contributed by atoms with van der Waals surface area (Å²) in [6, 6.07) is 6.05. The van der Waals surface area contributed by atoms with Crippen LogP contribution in [0.4, 0.5) is 0 Å². The summed E-state index contributed by atoms with van der Waals surface area (Å²) < 4.78 is 10.7. The molecule has 0 heterocycles. The first-order valence-corrected chi connectivity index (χ1v) is 10.4. The molecule has 0 aliphatic carbocycles. The highest BCUT2D eigenvalue weighted by Gasteiger charge is 2.11. The summed E-state index contributed by atoms with van der Waals surface area (Å²) in [4.78, 5) is 4.73. The van der Waals surface area contributed by atoms with E-state index < -0.39 is 0 Å². The minimum Gasteiger partial charge on any atom is -0.493 e. The number of aryl methyl sites for hydroxylation is 1. The lowest BCUT2D eigenvalue weighted by molar-refractivity contribution is 0.245. The van der Waals surface area contributed by atoms with Gasteiger partial charge in [0.2, 0.25) is 0 Å². The molecule has 1 rings (SSSR count). The number of methoxy groups -OCH3 is 2. The Morgan fingerprint density at radius 2 is 1.86 bits per heavy atom. The number of benzene rings is 1. The van der Waals surface area contributed by atoms with Crippen LogP contribution >= 0.6 is 24.0 Å². The van der Waals surface area contributed by atoms with Gasteiger partial charge in [-0.1, -0.05) is 19.9 Å². The van der Waals surface area contributed by atoms with Crippen LogP contribution in [0, 0.1) is 11.8 Å². The predicted molar refractivity (Wildman–Crippen MR) is 132 cm³/mol. The van der Waals surface area contributed by atoms with Gasteiger partial charge in [-0.25, -0.2) is 0 Å². The molecule has 1 unspecified atom stereocenters. The number of nitrogens with zero attached hydrogens (tertiary/aromatic N) is 1. The van der Waals surface area contributed by atoms with E-state index in [2.05, 4.69) is 37.5 Å². The van der Waals surface area contributed by atoms with Crippen molar-refractivity contribution in [3.63, 3.8) is 0 Å². The molecule has 7 heteroatoms.